The van der Waals surface area contributed by atoms with Crippen LogP contribution in [-0.4, -0.2) is 38.4 Å². The molecule has 0 aromatic heterocycles. The quantitative estimate of drug-likeness (QED) is 0.815. The van der Waals surface area contributed by atoms with Crippen LogP contribution in [0.1, 0.15) is 68.6 Å². The van der Waals surface area contributed by atoms with Gasteiger partial charge in [0.05, 0.1) is 4.90 Å². The van der Waals surface area contributed by atoms with Gasteiger partial charge in [0.25, 0.3) is 5.91 Å². The van der Waals surface area contributed by atoms with E-state index in [4.69, 9.17) is 0 Å². The van der Waals surface area contributed by atoms with Gasteiger partial charge in [-0.15, -0.1) is 0 Å². The summed E-state index contributed by atoms with van der Waals surface area (Å²) in [5, 5.41) is 0. The standard InChI is InChI=1S/C20H30N2O3S/c1-16-11-13-22(14-12-16)20(23)17-7-6-10-19(15-17)26(24,25)21-18-8-4-2-3-5-9-18/h6-7,10,15-16,18,21H,2-5,8-9,11-14H2,1H3. The molecule has 1 amide bonds. The highest BCUT2D eigenvalue weighted by Gasteiger charge is 2.24. The van der Waals surface area contributed by atoms with Crippen LogP contribution in [0.25, 0.3) is 0 Å². The summed E-state index contributed by atoms with van der Waals surface area (Å²) in [5.74, 6) is 0.581. The van der Waals surface area contributed by atoms with E-state index < -0.39 is 10.0 Å². The molecule has 0 bridgehead atoms. The molecule has 144 valence electrons. The molecular formula is C20H30N2O3S. The molecular weight excluding hydrogens is 348 g/mol. The van der Waals surface area contributed by atoms with Gasteiger partial charge in [-0.05, 0) is 49.8 Å². The van der Waals surface area contributed by atoms with Crippen LogP contribution < -0.4 is 4.72 Å². The van der Waals surface area contributed by atoms with E-state index in [0.717, 1.165) is 51.6 Å². The molecule has 26 heavy (non-hydrogen) atoms. The fourth-order valence-corrected chi connectivity index (χ4v) is 5.23. The van der Waals surface area contributed by atoms with Crippen LogP contribution in [-0.2, 0) is 10.0 Å². The van der Waals surface area contributed by atoms with Gasteiger partial charge in [-0.2, -0.15) is 0 Å². The van der Waals surface area contributed by atoms with Crippen molar-refractivity contribution in [2.75, 3.05) is 13.1 Å². The first-order chi connectivity index (χ1) is 12.5. The first-order valence-electron chi connectivity index (χ1n) is 9.87. The first kappa shape index (κ1) is 19.4. The molecule has 1 aromatic rings. The van der Waals surface area contributed by atoms with E-state index in [-0.39, 0.29) is 16.8 Å². The minimum atomic E-state index is -3.59. The number of sulfonamides is 1. The number of likely N-dealkylation sites (tertiary alicyclic amines) is 1. The van der Waals surface area contributed by atoms with Gasteiger partial charge in [-0.3, -0.25) is 4.79 Å². The Bertz CT molecular complexity index is 716. The van der Waals surface area contributed by atoms with Crippen molar-refractivity contribution in [1.29, 1.82) is 0 Å². The Hall–Kier alpha value is -1.40. The van der Waals surface area contributed by atoms with E-state index in [1.54, 1.807) is 18.2 Å². The third-order valence-corrected chi connectivity index (χ3v) is 7.16. The van der Waals surface area contributed by atoms with Crippen LogP contribution in [0.3, 0.4) is 0 Å². The Labute approximate surface area is 157 Å². The summed E-state index contributed by atoms with van der Waals surface area (Å²) < 4.78 is 28.4. The zero-order chi connectivity index (χ0) is 18.6. The van der Waals surface area contributed by atoms with Crippen LogP contribution in [0.4, 0.5) is 0 Å². The molecule has 1 heterocycles. The molecule has 1 aromatic carbocycles. The lowest BCUT2D eigenvalue weighted by Gasteiger charge is -2.30. The van der Waals surface area contributed by atoms with Gasteiger partial charge < -0.3 is 4.90 Å². The molecule has 1 aliphatic heterocycles. The Kier molecular flexibility index (Phi) is 6.35. The number of amides is 1. The highest BCUT2D eigenvalue weighted by atomic mass is 32.2. The van der Waals surface area contributed by atoms with E-state index in [0.29, 0.717) is 11.5 Å². The number of hydrogen-bond acceptors (Lipinski definition) is 3. The molecule has 3 rings (SSSR count). The molecule has 0 radical (unpaired) electrons. The van der Waals surface area contributed by atoms with Crippen molar-refractivity contribution in [2.45, 2.75) is 69.2 Å². The molecule has 5 nitrogen and oxygen atoms in total. The first-order valence-corrected chi connectivity index (χ1v) is 11.4. The molecule has 2 aliphatic rings. The number of piperidine rings is 1. The summed E-state index contributed by atoms with van der Waals surface area (Å²) in [6.07, 6.45) is 8.29. The van der Waals surface area contributed by atoms with Gasteiger partial charge in [-0.25, -0.2) is 13.1 Å². The van der Waals surface area contributed by atoms with Crippen LogP contribution in [0.2, 0.25) is 0 Å². The lowest BCUT2D eigenvalue weighted by atomic mass is 9.98. The fourth-order valence-electron chi connectivity index (χ4n) is 3.88. The normalized spacial score (nSPS) is 20.7. The Morgan fingerprint density at radius 2 is 1.69 bits per heavy atom. The lowest BCUT2D eigenvalue weighted by molar-refractivity contribution is 0.0697. The fraction of sp³-hybridized carbons (Fsp3) is 0.650. The lowest BCUT2D eigenvalue weighted by Crippen LogP contribution is -2.38. The van der Waals surface area contributed by atoms with Crippen molar-refractivity contribution < 1.29 is 13.2 Å². The van der Waals surface area contributed by atoms with E-state index >= 15 is 0 Å². The van der Waals surface area contributed by atoms with Gasteiger partial charge >= 0.3 is 0 Å². The van der Waals surface area contributed by atoms with E-state index in [1.807, 2.05) is 4.90 Å². The summed E-state index contributed by atoms with van der Waals surface area (Å²) in [6, 6.07) is 6.49. The van der Waals surface area contributed by atoms with Crippen molar-refractivity contribution >= 4 is 15.9 Å². The highest BCUT2D eigenvalue weighted by molar-refractivity contribution is 7.89. The maximum atomic E-state index is 12.8. The number of benzene rings is 1. The van der Waals surface area contributed by atoms with Crippen molar-refractivity contribution in [3.8, 4) is 0 Å². The molecule has 6 heteroatoms. The van der Waals surface area contributed by atoms with Crippen LogP contribution >= 0.6 is 0 Å². The molecule has 1 N–H and O–H groups in total. The maximum absolute atomic E-state index is 12.8. The predicted octanol–water partition coefficient (Wildman–Crippen LogP) is 3.56. The third-order valence-electron chi connectivity index (χ3n) is 5.64. The zero-order valence-electron chi connectivity index (χ0n) is 15.6. The maximum Gasteiger partial charge on any atom is 0.253 e. The largest absolute Gasteiger partial charge is 0.339 e. The second-order valence-electron chi connectivity index (χ2n) is 7.81. The number of rotatable bonds is 4. The molecule has 0 atom stereocenters. The minimum absolute atomic E-state index is 0.00504. The van der Waals surface area contributed by atoms with Crippen molar-refractivity contribution in [1.82, 2.24) is 9.62 Å². The van der Waals surface area contributed by atoms with Crippen molar-refractivity contribution in [3.05, 3.63) is 29.8 Å². The van der Waals surface area contributed by atoms with Crippen molar-refractivity contribution in [2.24, 2.45) is 5.92 Å². The SMILES string of the molecule is CC1CCN(C(=O)c2cccc(S(=O)(=O)NC3CCCCCC3)c2)CC1. The smallest absolute Gasteiger partial charge is 0.253 e. The molecule has 0 spiro atoms. The third kappa shape index (κ3) is 4.86. The van der Waals surface area contributed by atoms with Crippen LogP contribution in [0.5, 0.6) is 0 Å². The summed E-state index contributed by atoms with van der Waals surface area (Å²) in [5.41, 5.74) is 0.461. The van der Waals surface area contributed by atoms with Crippen LogP contribution in [0, 0.1) is 5.92 Å². The monoisotopic (exact) mass is 378 g/mol. The molecule has 1 saturated heterocycles. The topological polar surface area (TPSA) is 66.5 Å². The number of carbonyl (C=O) groups excluding carboxylic acids is 1. The molecule has 2 fully saturated rings. The van der Waals surface area contributed by atoms with Gasteiger partial charge in [-0.1, -0.05) is 38.7 Å². The van der Waals surface area contributed by atoms with Crippen molar-refractivity contribution in [3.63, 3.8) is 0 Å². The zero-order valence-corrected chi connectivity index (χ0v) is 16.4. The average Bonchev–Trinajstić information content (AvgIpc) is 2.90. The summed E-state index contributed by atoms with van der Waals surface area (Å²) in [7, 11) is -3.59. The Morgan fingerprint density at radius 3 is 2.35 bits per heavy atom. The number of hydrogen-bond donors (Lipinski definition) is 1. The summed E-state index contributed by atoms with van der Waals surface area (Å²) in [6.45, 7) is 3.70. The second-order valence-corrected chi connectivity index (χ2v) is 9.53. The predicted molar refractivity (Wildman–Crippen MR) is 103 cm³/mol. The molecule has 0 unspecified atom stereocenters. The molecule has 1 saturated carbocycles. The van der Waals surface area contributed by atoms with E-state index in [2.05, 4.69) is 11.6 Å². The number of carbonyl (C=O) groups is 1. The summed E-state index contributed by atoms with van der Waals surface area (Å²) >= 11 is 0. The van der Waals surface area contributed by atoms with E-state index in [1.165, 1.54) is 18.9 Å². The van der Waals surface area contributed by atoms with Gasteiger partial charge in [0.2, 0.25) is 10.0 Å². The minimum Gasteiger partial charge on any atom is -0.339 e. The number of nitrogens with zero attached hydrogens (tertiary/aromatic N) is 1. The Morgan fingerprint density at radius 1 is 1.04 bits per heavy atom. The average molecular weight is 379 g/mol. The highest BCUT2D eigenvalue weighted by Crippen LogP contribution is 2.22. The van der Waals surface area contributed by atoms with Crippen LogP contribution in [0.15, 0.2) is 29.2 Å². The second kappa shape index (κ2) is 8.53. The summed E-state index contributed by atoms with van der Waals surface area (Å²) in [4.78, 5) is 14.8. The van der Waals surface area contributed by atoms with Gasteiger partial charge in [0, 0.05) is 24.7 Å². The van der Waals surface area contributed by atoms with E-state index in [9.17, 15) is 13.2 Å². The number of nitrogens with one attached hydrogen (secondary N) is 1. The molecule has 1 aliphatic carbocycles. The van der Waals surface area contributed by atoms with Gasteiger partial charge in [0.15, 0.2) is 0 Å². The Balaban J connectivity index is 1.72. The van der Waals surface area contributed by atoms with Gasteiger partial charge in [0.1, 0.15) is 0 Å².